The van der Waals surface area contributed by atoms with Gasteiger partial charge in [0.15, 0.2) is 0 Å². The topological polar surface area (TPSA) is 78.1 Å². The Morgan fingerprint density at radius 2 is 1.97 bits per heavy atom. The van der Waals surface area contributed by atoms with Gasteiger partial charge in [-0.2, -0.15) is 0 Å². The predicted octanol–water partition coefficient (Wildman–Crippen LogP) is 5.74. The van der Waals surface area contributed by atoms with Gasteiger partial charge in [0.1, 0.15) is 10.7 Å². The largest absolute Gasteiger partial charge is 0.339 e. The van der Waals surface area contributed by atoms with Crippen LogP contribution in [-0.2, 0) is 9.67 Å². The summed E-state index contributed by atoms with van der Waals surface area (Å²) >= 11 is 10.9. The number of nitrogens with zero attached hydrogens (tertiary/aromatic N) is 2. The molecule has 1 aliphatic rings. The number of aryl methyl sites for hydroxylation is 1. The molecule has 174 valence electrons. The zero-order chi connectivity index (χ0) is 23.8. The molecular weight excluding hydrogens is 456 g/mol. The highest BCUT2D eigenvalue weighted by atomic mass is 35.5. The van der Waals surface area contributed by atoms with E-state index >= 15 is 0 Å². The van der Waals surface area contributed by atoms with Crippen molar-refractivity contribution >= 4 is 52.8 Å². The molecule has 8 heteroatoms. The monoisotopic (exact) mass is 484 g/mol. The summed E-state index contributed by atoms with van der Waals surface area (Å²) in [5.74, 6) is 0.332. The minimum Gasteiger partial charge on any atom is -0.339 e. The number of carbonyl (C=O) groups excluding carboxylic acids is 2. The fourth-order valence-electron chi connectivity index (χ4n) is 4.61. The number of benzene rings is 2. The third-order valence-electron chi connectivity index (χ3n) is 6.42. The van der Waals surface area contributed by atoms with Crippen LogP contribution >= 0.6 is 24.2 Å². The molecule has 0 radical (unpaired) electrons. The van der Waals surface area contributed by atoms with Crippen molar-refractivity contribution < 1.29 is 9.59 Å². The van der Waals surface area contributed by atoms with Gasteiger partial charge in [0.25, 0.3) is 5.91 Å². The molecule has 1 aromatic heterocycles. The summed E-state index contributed by atoms with van der Waals surface area (Å²) in [6, 6.07) is 11.1. The van der Waals surface area contributed by atoms with Gasteiger partial charge >= 0.3 is 0 Å². The van der Waals surface area contributed by atoms with E-state index in [2.05, 4.69) is 15.3 Å². The fourth-order valence-corrected chi connectivity index (χ4v) is 4.99. The average Bonchev–Trinajstić information content (AvgIpc) is 3.44. The van der Waals surface area contributed by atoms with E-state index in [1.807, 2.05) is 36.9 Å². The molecule has 6 nitrogen and oxygen atoms in total. The second-order valence-electron chi connectivity index (χ2n) is 8.74. The molecule has 1 atom stereocenters. The lowest BCUT2D eigenvalue weighted by molar-refractivity contribution is -0.117. The van der Waals surface area contributed by atoms with Gasteiger partial charge in [-0.05, 0) is 68.1 Å². The number of nitrogens with one attached hydrogen (secondary N) is 2. The van der Waals surface area contributed by atoms with E-state index < -0.39 is 4.87 Å². The Hall–Kier alpha value is -2.51. The van der Waals surface area contributed by atoms with Crippen LogP contribution in [0.15, 0.2) is 36.4 Å². The number of aromatic nitrogens is 2. The van der Waals surface area contributed by atoms with Gasteiger partial charge in [-0.1, -0.05) is 31.4 Å². The van der Waals surface area contributed by atoms with Crippen LogP contribution in [0.4, 0.5) is 5.69 Å². The molecule has 0 bridgehead atoms. The zero-order valence-electron chi connectivity index (χ0n) is 19.1. The molecule has 4 rings (SSSR count). The average molecular weight is 485 g/mol. The van der Waals surface area contributed by atoms with Gasteiger partial charge in [0.2, 0.25) is 5.91 Å². The molecule has 2 N–H and O–H groups in total. The maximum Gasteiger partial charge on any atom is 0.252 e. The minimum absolute atomic E-state index is 0.0348. The molecule has 1 saturated carbocycles. The molecule has 0 saturated heterocycles. The first-order chi connectivity index (χ1) is 15.7. The van der Waals surface area contributed by atoms with E-state index in [4.69, 9.17) is 24.2 Å². The third kappa shape index (κ3) is 4.75. The first-order valence-electron chi connectivity index (χ1n) is 11.3. The molecule has 0 unspecified atom stereocenters. The smallest absolute Gasteiger partial charge is 0.252 e. The number of carbonyl (C=O) groups is 2. The first-order valence-corrected chi connectivity index (χ1v) is 12.2. The van der Waals surface area contributed by atoms with E-state index in [9.17, 15) is 9.59 Å². The quantitative estimate of drug-likeness (QED) is 0.308. The van der Waals surface area contributed by atoms with Crippen LogP contribution in [0.2, 0.25) is 5.02 Å². The predicted molar refractivity (Wildman–Crippen MR) is 136 cm³/mol. The number of halogens is 1. The van der Waals surface area contributed by atoms with E-state index in [1.54, 1.807) is 25.1 Å². The van der Waals surface area contributed by atoms with Crippen molar-refractivity contribution in [1.82, 2.24) is 15.3 Å². The number of thiol groups is 1. The molecule has 0 spiro atoms. The normalized spacial score (nSPS) is 16.0. The van der Waals surface area contributed by atoms with Crippen LogP contribution in [-0.4, -0.2) is 27.8 Å². The standard InChI is InChI=1S/C25H29ClN4O2S/c1-4-25(33,24-27-20-11-10-18(26)14-21(20)28-24)29-23(32)17-9-12-22(15(2)13-17)30(16(3)31)19-7-5-6-8-19/h9-14,19,33H,4-8H2,1-3H3,(H,27,28)(H,29,32)/t25-/m0/s1. The summed E-state index contributed by atoms with van der Waals surface area (Å²) in [4.78, 5) is 34.3. The van der Waals surface area contributed by atoms with Crippen LogP contribution in [0.1, 0.15) is 67.7 Å². The number of hydrogen-bond donors (Lipinski definition) is 3. The summed E-state index contributed by atoms with van der Waals surface area (Å²) < 4.78 is 0. The number of amides is 2. The fraction of sp³-hybridized carbons (Fsp3) is 0.400. The van der Waals surface area contributed by atoms with Crippen molar-refractivity contribution in [2.45, 2.75) is 63.8 Å². The van der Waals surface area contributed by atoms with E-state index in [1.165, 1.54) is 0 Å². The molecule has 1 aliphatic carbocycles. The first kappa shape index (κ1) is 23.6. The molecule has 2 aromatic carbocycles. The van der Waals surface area contributed by atoms with Crippen molar-refractivity contribution in [3.05, 3.63) is 58.4 Å². The van der Waals surface area contributed by atoms with Gasteiger partial charge in [0, 0.05) is 29.2 Å². The summed E-state index contributed by atoms with van der Waals surface area (Å²) in [7, 11) is 0. The van der Waals surface area contributed by atoms with Gasteiger partial charge in [-0.15, -0.1) is 12.6 Å². The SMILES string of the molecule is CC[C@@](S)(NC(=O)c1ccc(N(C(C)=O)C2CCCC2)c(C)c1)c1nc2ccc(Cl)cc2[nH]1. The highest BCUT2D eigenvalue weighted by Crippen LogP contribution is 2.33. The molecular formula is C25H29ClN4O2S. The number of imidazole rings is 1. The summed E-state index contributed by atoms with van der Waals surface area (Å²) in [5.41, 5.74) is 3.82. The van der Waals surface area contributed by atoms with E-state index in [-0.39, 0.29) is 17.9 Å². The van der Waals surface area contributed by atoms with Gasteiger partial charge in [-0.25, -0.2) is 4.98 Å². The summed E-state index contributed by atoms with van der Waals surface area (Å²) in [6.07, 6.45) is 4.84. The highest BCUT2D eigenvalue weighted by molar-refractivity contribution is 7.81. The van der Waals surface area contributed by atoms with Gasteiger partial charge in [-0.3, -0.25) is 9.59 Å². The Kier molecular flexibility index (Phi) is 6.73. The van der Waals surface area contributed by atoms with Crippen molar-refractivity contribution in [3.63, 3.8) is 0 Å². The summed E-state index contributed by atoms with van der Waals surface area (Å²) in [5, 5.41) is 3.63. The van der Waals surface area contributed by atoms with Gasteiger partial charge < -0.3 is 15.2 Å². The Labute approximate surface area is 204 Å². The lowest BCUT2D eigenvalue weighted by Gasteiger charge is -2.30. The van der Waals surface area contributed by atoms with Crippen LogP contribution in [0, 0.1) is 6.92 Å². The lowest BCUT2D eigenvalue weighted by Crippen LogP contribution is -2.42. The number of H-pyrrole nitrogens is 1. The lowest BCUT2D eigenvalue weighted by atomic mass is 10.0. The van der Waals surface area contributed by atoms with Crippen LogP contribution < -0.4 is 10.2 Å². The van der Waals surface area contributed by atoms with Crippen LogP contribution in [0.25, 0.3) is 11.0 Å². The molecule has 0 aliphatic heterocycles. The Balaban J connectivity index is 1.58. The van der Waals surface area contributed by atoms with E-state index in [0.717, 1.165) is 48.0 Å². The second kappa shape index (κ2) is 9.39. The Morgan fingerprint density at radius 1 is 1.24 bits per heavy atom. The van der Waals surface area contributed by atoms with E-state index in [0.29, 0.717) is 22.8 Å². The van der Waals surface area contributed by atoms with Crippen LogP contribution in [0.3, 0.4) is 0 Å². The van der Waals surface area contributed by atoms with Crippen LogP contribution in [0.5, 0.6) is 0 Å². The third-order valence-corrected chi connectivity index (χ3v) is 7.29. The maximum absolute atomic E-state index is 13.2. The van der Waals surface area contributed by atoms with Crippen molar-refractivity contribution in [2.75, 3.05) is 4.90 Å². The number of aromatic amines is 1. The molecule has 1 fully saturated rings. The Bertz CT molecular complexity index is 1200. The zero-order valence-corrected chi connectivity index (χ0v) is 20.8. The van der Waals surface area contributed by atoms with Crippen molar-refractivity contribution in [3.8, 4) is 0 Å². The molecule has 2 amide bonds. The number of fused-ring (bicyclic) bond motifs is 1. The molecule has 3 aromatic rings. The number of rotatable bonds is 6. The van der Waals surface area contributed by atoms with Crippen molar-refractivity contribution in [1.29, 1.82) is 0 Å². The van der Waals surface area contributed by atoms with Gasteiger partial charge in [0.05, 0.1) is 11.0 Å². The van der Waals surface area contributed by atoms with Crippen molar-refractivity contribution in [2.24, 2.45) is 0 Å². The molecule has 33 heavy (non-hydrogen) atoms. The second-order valence-corrected chi connectivity index (χ2v) is 9.94. The number of hydrogen-bond acceptors (Lipinski definition) is 4. The summed E-state index contributed by atoms with van der Waals surface area (Å²) in [6.45, 7) is 5.48. The number of anilines is 1. The highest BCUT2D eigenvalue weighted by Gasteiger charge is 2.32. The molecule has 1 heterocycles. The maximum atomic E-state index is 13.2. The Morgan fingerprint density at radius 3 is 2.61 bits per heavy atom. The minimum atomic E-state index is -0.982.